The maximum absolute atomic E-state index is 12.4. The highest BCUT2D eigenvalue weighted by Crippen LogP contribution is 2.20. The molecule has 19 heavy (non-hydrogen) atoms. The van der Waals surface area contributed by atoms with Crippen LogP contribution >= 0.6 is 0 Å². The Morgan fingerprint density at radius 2 is 1.84 bits per heavy atom. The number of carbonyl (C=O) groups is 1. The minimum absolute atomic E-state index is 0.0166. The Kier molecular flexibility index (Phi) is 4.90. The fourth-order valence-electron chi connectivity index (χ4n) is 1.49. The smallest absolute Gasteiger partial charge is 0.321 e. The number of phenols is 1. The first-order chi connectivity index (χ1) is 8.78. The van der Waals surface area contributed by atoms with Gasteiger partial charge in [-0.05, 0) is 38.1 Å². The van der Waals surface area contributed by atoms with Crippen molar-refractivity contribution in [1.82, 2.24) is 4.31 Å². The van der Waals surface area contributed by atoms with Crippen molar-refractivity contribution in [2.45, 2.75) is 24.8 Å². The van der Waals surface area contributed by atoms with E-state index in [0.29, 0.717) is 0 Å². The molecule has 0 unspecified atom stereocenters. The molecule has 7 heteroatoms. The van der Waals surface area contributed by atoms with Crippen LogP contribution in [-0.4, -0.2) is 43.5 Å². The van der Waals surface area contributed by atoms with Gasteiger partial charge in [0.05, 0.1) is 12.0 Å². The number of esters is 1. The largest absolute Gasteiger partial charge is 0.508 e. The Bertz CT molecular complexity index is 536. The number of benzene rings is 1. The summed E-state index contributed by atoms with van der Waals surface area (Å²) in [5, 5.41) is 9.17. The van der Waals surface area contributed by atoms with Gasteiger partial charge in [0.25, 0.3) is 0 Å². The number of ether oxygens (including phenoxy) is 1. The van der Waals surface area contributed by atoms with E-state index in [0.717, 1.165) is 4.31 Å². The molecule has 0 atom stereocenters. The number of phenolic OH excluding ortho intramolecular Hbond substituents is 1. The average molecular weight is 287 g/mol. The summed E-state index contributed by atoms with van der Waals surface area (Å²) in [6.45, 7) is 2.99. The quantitative estimate of drug-likeness (QED) is 0.816. The summed E-state index contributed by atoms with van der Waals surface area (Å²) in [6.07, 6.45) is 0. The van der Waals surface area contributed by atoms with Crippen LogP contribution in [0.5, 0.6) is 5.75 Å². The zero-order chi connectivity index (χ0) is 14.6. The van der Waals surface area contributed by atoms with Crippen molar-refractivity contribution < 1.29 is 23.1 Å². The van der Waals surface area contributed by atoms with Crippen LogP contribution in [0.4, 0.5) is 0 Å². The van der Waals surface area contributed by atoms with Gasteiger partial charge in [-0.2, -0.15) is 4.31 Å². The lowest BCUT2D eigenvalue weighted by Crippen LogP contribution is -2.40. The predicted octanol–water partition coefficient (Wildman–Crippen LogP) is 0.964. The Labute approximate surface area is 112 Å². The predicted molar refractivity (Wildman–Crippen MR) is 69.2 cm³/mol. The van der Waals surface area contributed by atoms with Crippen LogP contribution in [0.2, 0.25) is 0 Å². The molecule has 106 valence electrons. The minimum Gasteiger partial charge on any atom is -0.508 e. The molecule has 0 saturated heterocycles. The number of carbonyl (C=O) groups excluding carboxylic acids is 1. The van der Waals surface area contributed by atoms with Crippen molar-refractivity contribution in [2.75, 3.05) is 13.7 Å². The van der Waals surface area contributed by atoms with E-state index < -0.39 is 22.0 Å². The van der Waals surface area contributed by atoms with Crippen LogP contribution in [0, 0.1) is 0 Å². The number of hydrogen-bond donors (Lipinski definition) is 1. The molecule has 0 bridgehead atoms. The van der Waals surface area contributed by atoms with Crippen LogP contribution in [0.25, 0.3) is 0 Å². The average Bonchev–Trinajstić information content (AvgIpc) is 2.35. The summed E-state index contributed by atoms with van der Waals surface area (Å²) < 4.78 is 30.3. The van der Waals surface area contributed by atoms with E-state index in [2.05, 4.69) is 4.74 Å². The normalized spacial score (nSPS) is 11.8. The summed E-state index contributed by atoms with van der Waals surface area (Å²) in [5.41, 5.74) is 0. The SMILES string of the molecule is COC(=O)CN(C(C)C)S(=O)(=O)c1ccc(O)cc1. The van der Waals surface area contributed by atoms with Gasteiger partial charge in [-0.1, -0.05) is 0 Å². The molecule has 1 N–H and O–H groups in total. The van der Waals surface area contributed by atoms with Gasteiger partial charge >= 0.3 is 5.97 Å². The van der Waals surface area contributed by atoms with Crippen molar-refractivity contribution >= 4 is 16.0 Å². The van der Waals surface area contributed by atoms with E-state index in [9.17, 15) is 18.3 Å². The van der Waals surface area contributed by atoms with Crippen LogP contribution < -0.4 is 0 Å². The van der Waals surface area contributed by atoms with E-state index in [1.54, 1.807) is 13.8 Å². The minimum atomic E-state index is -3.80. The molecular formula is C12H17NO5S. The Balaban J connectivity index is 3.13. The highest BCUT2D eigenvalue weighted by molar-refractivity contribution is 7.89. The number of hydrogen-bond acceptors (Lipinski definition) is 5. The second-order valence-electron chi connectivity index (χ2n) is 4.21. The van der Waals surface area contributed by atoms with Crippen molar-refractivity contribution in [1.29, 1.82) is 0 Å². The van der Waals surface area contributed by atoms with Crippen molar-refractivity contribution in [2.24, 2.45) is 0 Å². The molecule has 0 aliphatic carbocycles. The molecule has 0 saturated carbocycles. The van der Waals surface area contributed by atoms with Crippen molar-refractivity contribution in [3.05, 3.63) is 24.3 Å². The first kappa shape index (κ1) is 15.5. The maximum atomic E-state index is 12.4. The highest BCUT2D eigenvalue weighted by Gasteiger charge is 2.29. The van der Waals surface area contributed by atoms with E-state index >= 15 is 0 Å². The van der Waals surface area contributed by atoms with Gasteiger partial charge in [-0.15, -0.1) is 0 Å². The molecule has 0 aromatic heterocycles. The zero-order valence-corrected chi connectivity index (χ0v) is 11.8. The highest BCUT2D eigenvalue weighted by atomic mass is 32.2. The molecule has 0 aliphatic heterocycles. The Hall–Kier alpha value is -1.60. The fraction of sp³-hybridized carbons (Fsp3) is 0.417. The number of nitrogens with zero attached hydrogens (tertiary/aromatic N) is 1. The summed E-state index contributed by atoms with van der Waals surface area (Å²) >= 11 is 0. The first-order valence-corrected chi connectivity index (χ1v) is 7.10. The van der Waals surface area contributed by atoms with Crippen molar-refractivity contribution in [3.8, 4) is 5.75 Å². The van der Waals surface area contributed by atoms with Gasteiger partial charge < -0.3 is 9.84 Å². The van der Waals surface area contributed by atoms with Gasteiger partial charge in [-0.3, -0.25) is 4.79 Å². The fourth-order valence-corrected chi connectivity index (χ4v) is 3.07. The molecule has 0 spiro atoms. The maximum Gasteiger partial charge on any atom is 0.321 e. The molecule has 0 fully saturated rings. The third-order valence-corrected chi connectivity index (χ3v) is 4.57. The third-order valence-electron chi connectivity index (χ3n) is 2.53. The molecule has 1 rings (SSSR count). The van der Waals surface area contributed by atoms with E-state index in [4.69, 9.17) is 0 Å². The van der Waals surface area contributed by atoms with Gasteiger partial charge in [0.1, 0.15) is 12.3 Å². The zero-order valence-electron chi connectivity index (χ0n) is 11.0. The lowest BCUT2D eigenvalue weighted by atomic mass is 10.3. The molecule has 0 aliphatic rings. The number of aromatic hydroxyl groups is 1. The number of rotatable bonds is 5. The first-order valence-electron chi connectivity index (χ1n) is 5.66. The monoisotopic (exact) mass is 287 g/mol. The van der Waals surface area contributed by atoms with Gasteiger partial charge in [0.15, 0.2) is 0 Å². The van der Waals surface area contributed by atoms with E-state index in [-0.39, 0.29) is 17.2 Å². The van der Waals surface area contributed by atoms with Crippen LogP contribution in [0.3, 0.4) is 0 Å². The Morgan fingerprint density at radius 3 is 2.26 bits per heavy atom. The van der Waals surface area contributed by atoms with E-state index in [1.807, 2.05) is 0 Å². The Morgan fingerprint density at radius 1 is 1.32 bits per heavy atom. The molecule has 0 radical (unpaired) electrons. The lowest BCUT2D eigenvalue weighted by molar-refractivity contribution is -0.141. The molecule has 0 heterocycles. The van der Waals surface area contributed by atoms with Gasteiger partial charge in [0, 0.05) is 6.04 Å². The lowest BCUT2D eigenvalue weighted by Gasteiger charge is -2.24. The molecule has 6 nitrogen and oxygen atoms in total. The second-order valence-corrected chi connectivity index (χ2v) is 6.10. The van der Waals surface area contributed by atoms with Crippen molar-refractivity contribution in [3.63, 3.8) is 0 Å². The standard InChI is InChI=1S/C12H17NO5S/c1-9(2)13(8-12(15)18-3)19(16,17)11-6-4-10(14)5-7-11/h4-7,9,14H,8H2,1-3H3. The number of methoxy groups -OCH3 is 1. The second kappa shape index (κ2) is 6.03. The van der Waals surface area contributed by atoms with Gasteiger partial charge in [0.2, 0.25) is 10.0 Å². The van der Waals surface area contributed by atoms with Crippen LogP contribution in [-0.2, 0) is 19.6 Å². The van der Waals surface area contributed by atoms with Gasteiger partial charge in [-0.25, -0.2) is 8.42 Å². The van der Waals surface area contributed by atoms with Crippen LogP contribution in [0.15, 0.2) is 29.2 Å². The molecular weight excluding hydrogens is 270 g/mol. The molecule has 1 aromatic carbocycles. The summed E-state index contributed by atoms with van der Waals surface area (Å²) in [4.78, 5) is 11.3. The molecule has 0 amide bonds. The topological polar surface area (TPSA) is 83.9 Å². The third kappa shape index (κ3) is 3.68. The molecule has 1 aromatic rings. The summed E-state index contributed by atoms with van der Waals surface area (Å²) in [5.74, 6) is -0.654. The van der Waals surface area contributed by atoms with Crippen LogP contribution in [0.1, 0.15) is 13.8 Å². The summed E-state index contributed by atoms with van der Waals surface area (Å²) in [6, 6.07) is 4.75. The summed E-state index contributed by atoms with van der Waals surface area (Å²) in [7, 11) is -2.60. The number of sulfonamides is 1. The van der Waals surface area contributed by atoms with E-state index in [1.165, 1.54) is 31.4 Å².